The van der Waals surface area contributed by atoms with Crippen LogP contribution in [0.2, 0.25) is 0 Å². The Labute approximate surface area is 237 Å². The first kappa shape index (κ1) is 28.9. The molecule has 42 heavy (non-hydrogen) atoms. The zero-order chi connectivity index (χ0) is 30.2. The molecule has 5 nitrogen and oxygen atoms in total. The Bertz CT molecular complexity index is 1740. The van der Waals surface area contributed by atoms with Crippen LogP contribution in [0.25, 0.3) is 22.2 Å². The summed E-state index contributed by atoms with van der Waals surface area (Å²) in [6.07, 6.45) is -6.05. The summed E-state index contributed by atoms with van der Waals surface area (Å²) in [5, 5.41) is 4.70. The van der Waals surface area contributed by atoms with Crippen molar-refractivity contribution in [3.8, 4) is 11.3 Å². The second-order valence-electron chi connectivity index (χ2n) is 10.1. The summed E-state index contributed by atoms with van der Waals surface area (Å²) in [5.41, 5.74) is -1.00. The maximum atomic E-state index is 14.2. The molecule has 5 rings (SSSR count). The van der Waals surface area contributed by atoms with Gasteiger partial charge in [0.05, 0.1) is 16.7 Å². The van der Waals surface area contributed by atoms with Gasteiger partial charge in [0.15, 0.2) is 0 Å². The van der Waals surface area contributed by atoms with E-state index in [0.29, 0.717) is 10.9 Å². The first-order valence-electron chi connectivity index (χ1n) is 13.1. The second-order valence-corrected chi connectivity index (χ2v) is 10.1. The molecule has 1 aliphatic carbocycles. The fraction of sp³-hybridized carbons (Fsp3) is 0.219. The second kappa shape index (κ2) is 11.3. The van der Waals surface area contributed by atoms with Gasteiger partial charge < -0.3 is 4.74 Å². The monoisotopic (exact) mass is 580 g/mol. The summed E-state index contributed by atoms with van der Waals surface area (Å²) in [6.45, 7) is 2.75. The summed E-state index contributed by atoms with van der Waals surface area (Å²) in [4.78, 5) is 26.4. The highest BCUT2D eigenvalue weighted by atomic mass is 19.4. The van der Waals surface area contributed by atoms with Gasteiger partial charge in [-0.05, 0) is 48.6 Å². The zero-order valence-corrected chi connectivity index (χ0v) is 22.6. The van der Waals surface area contributed by atoms with Gasteiger partial charge in [0.25, 0.3) is 12.3 Å². The summed E-state index contributed by atoms with van der Waals surface area (Å²) < 4.78 is 76.7. The van der Waals surface area contributed by atoms with Gasteiger partial charge in [-0.3, -0.25) is 4.79 Å². The highest BCUT2D eigenvalue weighted by Gasteiger charge is 2.43. The van der Waals surface area contributed by atoms with Crippen LogP contribution in [0.15, 0.2) is 95.6 Å². The fourth-order valence-electron chi connectivity index (χ4n) is 5.15. The summed E-state index contributed by atoms with van der Waals surface area (Å²) in [6, 6.07) is 18.8. The van der Waals surface area contributed by atoms with Crippen molar-refractivity contribution in [3.05, 3.63) is 112 Å². The topological polar surface area (TPSA) is 61.2 Å². The minimum absolute atomic E-state index is 0.102. The number of rotatable bonds is 6. The number of carbonyl (C=O) groups excluding carboxylic acids is 2. The minimum Gasteiger partial charge on any atom is -0.457 e. The molecular formula is C32H25F5N2O3. The normalized spacial score (nSPS) is 15.7. The molecule has 1 aromatic heterocycles. The number of aromatic nitrogens is 2. The Morgan fingerprint density at radius 3 is 2.40 bits per heavy atom. The Balaban J connectivity index is 1.57. The summed E-state index contributed by atoms with van der Waals surface area (Å²) in [5.74, 6) is -2.84. The van der Waals surface area contributed by atoms with Crippen LogP contribution in [0.5, 0.6) is 0 Å². The van der Waals surface area contributed by atoms with Crippen LogP contribution in [0.3, 0.4) is 0 Å². The van der Waals surface area contributed by atoms with Gasteiger partial charge in [0, 0.05) is 22.1 Å². The van der Waals surface area contributed by atoms with Crippen LogP contribution in [0, 0.1) is 5.92 Å². The third-order valence-electron chi connectivity index (χ3n) is 7.23. The number of hydrogen-bond donors (Lipinski definition) is 0. The van der Waals surface area contributed by atoms with Crippen molar-refractivity contribution < 1.29 is 36.3 Å². The van der Waals surface area contributed by atoms with Gasteiger partial charge in [-0.2, -0.15) is 23.0 Å². The standard InChI is InChI=1S/C32H25F5N2O3/c1-18-12-13-19(2)27(32(35,36)37)26(18)30(40)39-25-11-7-6-10-23(25)28(38-39)21-14-15-22(24(16-21)29(33)34)31(41)42-17-20-8-4-3-5-9-20/h3-12,14-16,19,29H,13,17H2,1-2H3. The van der Waals surface area contributed by atoms with E-state index in [0.717, 1.165) is 10.7 Å². The average molecular weight is 581 g/mol. The molecule has 0 spiro atoms. The number of nitrogens with zero attached hydrogens (tertiary/aromatic N) is 2. The number of benzene rings is 3. The molecule has 0 aliphatic heterocycles. The fourth-order valence-corrected chi connectivity index (χ4v) is 5.15. The average Bonchev–Trinajstić information content (AvgIpc) is 3.36. The molecule has 1 heterocycles. The minimum atomic E-state index is -4.73. The van der Waals surface area contributed by atoms with Gasteiger partial charge in [-0.25, -0.2) is 13.6 Å². The van der Waals surface area contributed by atoms with Crippen molar-refractivity contribution in [2.75, 3.05) is 0 Å². The Kier molecular flexibility index (Phi) is 7.81. The first-order chi connectivity index (χ1) is 20.0. The summed E-state index contributed by atoms with van der Waals surface area (Å²) in [7, 11) is 0. The molecule has 216 valence electrons. The predicted octanol–water partition coefficient (Wildman–Crippen LogP) is 8.48. The van der Waals surface area contributed by atoms with Gasteiger partial charge in [0.1, 0.15) is 12.3 Å². The number of fused-ring (bicyclic) bond motifs is 1. The van der Waals surface area contributed by atoms with E-state index in [1.165, 1.54) is 32.0 Å². The van der Waals surface area contributed by atoms with Crippen molar-refractivity contribution in [1.82, 2.24) is 9.78 Å². The SMILES string of the molecule is CC1=CCC(C)C(C(F)(F)F)=C1C(=O)n1nc(-c2ccc(C(=O)OCc3ccccc3)c(C(F)F)c2)c2ccccc21. The molecule has 0 fully saturated rings. The quantitative estimate of drug-likeness (QED) is 0.170. The number of ether oxygens (including phenoxy) is 1. The number of esters is 1. The van der Waals surface area contributed by atoms with Gasteiger partial charge in [-0.15, -0.1) is 0 Å². The van der Waals surface area contributed by atoms with Crippen molar-refractivity contribution in [2.45, 2.75) is 39.5 Å². The van der Waals surface area contributed by atoms with Crippen molar-refractivity contribution >= 4 is 22.8 Å². The molecule has 0 radical (unpaired) electrons. The molecule has 1 unspecified atom stereocenters. The molecule has 3 aromatic carbocycles. The number of allylic oxidation sites excluding steroid dienone is 4. The predicted molar refractivity (Wildman–Crippen MR) is 147 cm³/mol. The molecular weight excluding hydrogens is 555 g/mol. The Morgan fingerprint density at radius 2 is 1.71 bits per heavy atom. The van der Waals surface area contributed by atoms with E-state index in [-0.39, 0.29) is 40.9 Å². The number of hydrogen-bond acceptors (Lipinski definition) is 4. The molecule has 10 heteroatoms. The van der Waals surface area contributed by atoms with Crippen LogP contribution in [0.4, 0.5) is 22.0 Å². The van der Waals surface area contributed by atoms with Gasteiger partial charge in [-0.1, -0.05) is 67.6 Å². The van der Waals surface area contributed by atoms with E-state index < -0.39 is 47.1 Å². The Hall–Kier alpha value is -4.60. The van der Waals surface area contributed by atoms with E-state index in [4.69, 9.17) is 4.74 Å². The molecule has 0 N–H and O–H groups in total. The van der Waals surface area contributed by atoms with Crippen LogP contribution in [-0.2, 0) is 11.3 Å². The van der Waals surface area contributed by atoms with E-state index in [1.807, 2.05) is 0 Å². The maximum absolute atomic E-state index is 14.2. The largest absolute Gasteiger partial charge is 0.457 e. The lowest BCUT2D eigenvalue weighted by molar-refractivity contribution is -0.0992. The third kappa shape index (κ3) is 5.48. The number of para-hydroxylation sites is 1. The van der Waals surface area contributed by atoms with Crippen molar-refractivity contribution in [1.29, 1.82) is 0 Å². The zero-order valence-electron chi connectivity index (χ0n) is 22.6. The lowest BCUT2D eigenvalue weighted by Gasteiger charge is -2.26. The van der Waals surface area contributed by atoms with Crippen molar-refractivity contribution in [3.63, 3.8) is 0 Å². The molecule has 0 bridgehead atoms. The van der Waals surface area contributed by atoms with E-state index in [9.17, 15) is 31.5 Å². The van der Waals surface area contributed by atoms with Crippen LogP contribution in [-0.4, -0.2) is 27.8 Å². The number of halogens is 5. The maximum Gasteiger partial charge on any atom is 0.413 e. The molecule has 0 saturated carbocycles. The lowest BCUT2D eigenvalue weighted by atomic mass is 9.83. The molecule has 1 aliphatic rings. The van der Waals surface area contributed by atoms with E-state index >= 15 is 0 Å². The molecule has 0 saturated heterocycles. The summed E-state index contributed by atoms with van der Waals surface area (Å²) >= 11 is 0. The van der Waals surface area contributed by atoms with Crippen LogP contribution < -0.4 is 0 Å². The number of carbonyl (C=O) groups is 2. The highest BCUT2D eigenvalue weighted by molar-refractivity contribution is 6.07. The highest BCUT2D eigenvalue weighted by Crippen LogP contribution is 2.42. The van der Waals surface area contributed by atoms with Crippen molar-refractivity contribution in [2.24, 2.45) is 5.92 Å². The Morgan fingerprint density at radius 1 is 1.02 bits per heavy atom. The van der Waals surface area contributed by atoms with Gasteiger partial charge in [0.2, 0.25) is 0 Å². The molecule has 0 amide bonds. The van der Waals surface area contributed by atoms with E-state index in [1.54, 1.807) is 54.6 Å². The smallest absolute Gasteiger partial charge is 0.413 e. The van der Waals surface area contributed by atoms with Crippen LogP contribution in [0.1, 0.15) is 53.0 Å². The molecule has 4 aromatic rings. The first-order valence-corrected chi connectivity index (χ1v) is 13.1. The van der Waals surface area contributed by atoms with E-state index in [2.05, 4.69) is 5.10 Å². The van der Waals surface area contributed by atoms with Crippen LogP contribution >= 0.6 is 0 Å². The van der Waals surface area contributed by atoms with Gasteiger partial charge >= 0.3 is 12.1 Å². The lowest BCUT2D eigenvalue weighted by Crippen LogP contribution is -2.28. The number of alkyl halides is 5. The molecule has 1 atom stereocenters. The third-order valence-corrected chi connectivity index (χ3v) is 7.23.